The minimum Gasteiger partial charge on any atom is -0.322 e. The fourth-order valence-electron chi connectivity index (χ4n) is 1.05. The Morgan fingerprint density at radius 2 is 2.25 bits per heavy atom. The molecule has 1 N–H and O–H groups in total. The number of ether oxygens (including phenoxy) is 1. The van der Waals surface area contributed by atoms with Crippen LogP contribution in [0.3, 0.4) is 0 Å². The van der Waals surface area contributed by atoms with Crippen LogP contribution in [0.1, 0.15) is 12.5 Å². The zero-order valence-corrected chi connectivity index (χ0v) is 8.91. The van der Waals surface area contributed by atoms with Crippen LogP contribution in [0, 0.1) is 6.92 Å². The Morgan fingerprint density at radius 3 is 2.81 bits per heavy atom. The summed E-state index contributed by atoms with van der Waals surface area (Å²) < 4.78 is 27.8. The summed E-state index contributed by atoms with van der Waals surface area (Å²) >= 11 is 0. The lowest BCUT2D eigenvalue weighted by molar-refractivity contribution is -0.168. The van der Waals surface area contributed by atoms with Crippen LogP contribution >= 0.6 is 0 Å². The summed E-state index contributed by atoms with van der Waals surface area (Å²) in [6, 6.07) is 1.70. The van der Waals surface area contributed by atoms with Crippen LogP contribution in [0.5, 0.6) is 0 Å². The second-order valence-electron chi connectivity index (χ2n) is 3.22. The summed E-state index contributed by atoms with van der Waals surface area (Å²) in [5, 5.41) is 2.46. The molecule has 1 atom stereocenters. The number of anilines is 1. The van der Waals surface area contributed by atoms with Crippen LogP contribution < -0.4 is 5.32 Å². The third-order valence-corrected chi connectivity index (χ3v) is 1.97. The minimum absolute atomic E-state index is 0.484. The van der Waals surface area contributed by atoms with Crippen molar-refractivity contribution in [3.63, 3.8) is 0 Å². The van der Waals surface area contributed by atoms with E-state index in [2.05, 4.69) is 15.0 Å². The van der Waals surface area contributed by atoms with Gasteiger partial charge in [-0.15, -0.1) is 0 Å². The van der Waals surface area contributed by atoms with E-state index in [4.69, 9.17) is 0 Å². The molecule has 0 saturated heterocycles. The lowest BCUT2D eigenvalue weighted by Crippen LogP contribution is -2.29. The van der Waals surface area contributed by atoms with E-state index in [-0.39, 0.29) is 0 Å². The smallest absolute Gasteiger partial charge is 0.322 e. The minimum atomic E-state index is -2.96. The topological polar surface area (TPSA) is 51.2 Å². The van der Waals surface area contributed by atoms with Crippen molar-refractivity contribution in [2.45, 2.75) is 26.6 Å². The zero-order chi connectivity index (χ0) is 12.1. The first-order valence-corrected chi connectivity index (χ1v) is 4.66. The molecule has 1 aromatic rings. The monoisotopic (exact) mass is 230 g/mol. The number of halogens is 2. The average molecular weight is 230 g/mol. The molecular weight excluding hydrogens is 218 g/mol. The second kappa shape index (κ2) is 5.50. The zero-order valence-electron chi connectivity index (χ0n) is 8.91. The molecule has 0 fully saturated rings. The van der Waals surface area contributed by atoms with Gasteiger partial charge in [-0.2, -0.15) is 8.78 Å². The number of nitrogens with zero attached hydrogens (tertiary/aromatic N) is 1. The first-order valence-electron chi connectivity index (χ1n) is 4.66. The maximum absolute atomic E-state index is 11.8. The molecule has 1 aromatic heterocycles. The molecule has 4 nitrogen and oxygen atoms in total. The van der Waals surface area contributed by atoms with Gasteiger partial charge < -0.3 is 10.1 Å². The van der Waals surface area contributed by atoms with E-state index in [0.717, 1.165) is 5.56 Å². The molecule has 0 aliphatic carbocycles. The third-order valence-electron chi connectivity index (χ3n) is 1.97. The van der Waals surface area contributed by atoms with Crippen LogP contribution in [0.2, 0.25) is 0 Å². The summed E-state index contributed by atoms with van der Waals surface area (Å²) in [6.07, 6.45) is 1.81. The largest absolute Gasteiger partial charge is 0.346 e. The van der Waals surface area contributed by atoms with Gasteiger partial charge >= 0.3 is 6.61 Å². The van der Waals surface area contributed by atoms with Gasteiger partial charge in [0, 0.05) is 6.20 Å². The van der Waals surface area contributed by atoms with Crippen molar-refractivity contribution in [3.8, 4) is 0 Å². The van der Waals surface area contributed by atoms with E-state index in [1.807, 2.05) is 0 Å². The fraction of sp³-hybridized carbons (Fsp3) is 0.400. The van der Waals surface area contributed by atoms with E-state index < -0.39 is 18.6 Å². The van der Waals surface area contributed by atoms with Crippen molar-refractivity contribution in [1.82, 2.24) is 4.98 Å². The predicted molar refractivity (Wildman–Crippen MR) is 54.2 cm³/mol. The molecule has 1 amide bonds. The highest BCUT2D eigenvalue weighted by Crippen LogP contribution is 2.12. The van der Waals surface area contributed by atoms with Gasteiger partial charge in [-0.05, 0) is 25.5 Å². The maximum Gasteiger partial charge on any atom is 0.346 e. The van der Waals surface area contributed by atoms with Gasteiger partial charge in [0.25, 0.3) is 5.91 Å². The number of nitrogens with one attached hydrogen (secondary N) is 1. The fourth-order valence-corrected chi connectivity index (χ4v) is 1.05. The van der Waals surface area contributed by atoms with Gasteiger partial charge in [0.05, 0.1) is 11.9 Å². The van der Waals surface area contributed by atoms with Crippen molar-refractivity contribution < 1.29 is 18.3 Å². The Bertz CT molecular complexity index is 372. The predicted octanol–water partition coefficient (Wildman–Crippen LogP) is 1.96. The first-order chi connectivity index (χ1) is 7.50. The molecule has 0 aromatic carbocycles. The van der Waals surface area contributed by atoms with Crippen LogP contribution in [-0.2, 0) is 9.53 Å². The number of hydrogen-bond donors (Lipinski definition) is 1. The number of rotatable bonds is 4. The number of pyridine rings is 1. The number of aromatic nitrogens is 1. The Labute approximate surface area is 91.6 Å². The molecule has 88 valence electrons. The summed E-state index contributed by atoms with van der Waals surface area (Å²) in [4.78, 5) is 15.2. The third kappa shape index (κ3) is 3.54. The van der Waals surface area contributed by atoms with E-state index in [1.165, 1.54) is 13.1 Å². The molecule has 0 unspecified atom stereocenters. The van der Waals surface area contributed by atoms with Crippen LogP contribution in [-0.4, -0.2) is 23.6 Å². The number of carbonyl (C=O) groups excluding carboxylic acids is 1. The van der Waals surface area contributed by atoms with Crippen LogP contribution in [0.4, 0.5) is 14.5 Å². The summed E-state index contributed by atoms with van der Waals surface area (Å²) in [5.74, 6) is -0.628. The maximum atomic E-state index is 11.8. The lowest BCUT2D eigenvalue weighted by Gasteiger charge is -2.13. The van der Waals surface area contributed by atoms with E-state index in [1.54, 1.807) is 19.2 Å². The standard InChI is InChI=1S/C10H12F2N2O2/c1-6-3-4-13-5-8(6)14-9(15)7(2)16-10(11)12/h3-5,7,10H,1-2H3,(H,14,15)/t7-/m0/s1. The molecule has 1 rings (SSSR count). The summed E-state index contributed by atoms with van der Waals surface area (Å²) in [5.41, 5.74) is 1.28. The van der Waals surface area contributed by atoms with Crippen molar-refractivity contribution in [3.05, 3.63) is 24.0 Å². The molecule has 0 spiro atoms. The molecule has 1 heterocycles. The molecule has 0 saturated carbocycles. The van der Waals surface area contributed by atoms with Gasteiger partial charge in [0.1, 0.15) is 6.10 Å². The molecule has 6 heteroatoms. The number of amides is 1. The number of carbonyl (C=O) groups is 1. The molecular formula is C10H12F2N2O2. The van der Waals surface area contributed by atoms with Gasteiger partial charge in [0.2, 0.25) is 0 Å². The highest BCUT2D eigenvalue weighted by molar-refractivity contribution is 5.94. The normalized spacial score (nSPS) is 12.6. The van der Waals surface area contributed by atoms with Crippen molar-refractivity contribution in [1.29, 1.82) is 0 Å². The van der Waals surface area contributed by atoms with Crippen molar-refractivity contribution >= 4 is 11.6 Å². The van der Waals surface area contributed by atoms with Gasteiger partial charge in [-0.25, -0.2) is 0 Å². The molecule has 0 radical (unpaired) electrons. The Kier molecular flexibility index (Phi) is 4.30. The second-order valence-corrected chi connectivity index (χ2v) is 3.22. The molecule has 16 heavy (non-hydrogen) atoms. The van der Waals surface area contributed by atoms with Crippen molar-refractivity contribution in [2.24, 2.45) is 0 Å². The van der Waals surface area contributed by atoms with Gasteiger partial charge in [0.15, 0.2) is 0 Å². The number of alkyl halides is 2. The summed E-state index contributed by atoms with van der Waals surface area (Å²) in [7, 11) is 0. The SMILES string of the molecule is Cc1ccncc1NC(=O)[C@H](C)OC(F)F. The van der Waals surface area contributed by atoms with Gasteiger partial charge in [-0.3, -0.25) is 9.78 Å². The first kappa shape index (κ1) is 12.5. The van der Waals surface area contributed by atoms with E-state index in [9.17, 15) is 13.6 Å². The average Bonchev–Trinajstić information content (AvgIpc) is 2.20. The Hall–Kier alpha value is -1.56. The number of aryl methyl sites for hydroxylation is 1. The Morgan fingerprint density at radius 1 is 1.56 bits per heavy atom. The summed E-state index contributed by atoms with van der Waals surface area (Å²) in [6.45, 7) is 0.0686. The lowest BCUT2D eigenvalue weighted by atomic mass is 10.2. The van der Waals surface area contributed by atoms with Crippen LogP contribution in [0.15, 0.2) is 18.5 Å². The Balaban J connectivity index is 2.61. The quantitative estimate of drug-likeness (QED) is 0.860. The van der Waals surface area contributed by atoms with Gasteiger partial charge in [-0.1, -0.05) is 0 Å². The van der Waals surface area contributed by atoms with E-state index in [0.29, 0.717) is 5.69 Å². The van der Waals surface area contributed by atoms with Crippen molar-refractivity contribution in [2.75, 3.05) is 5.32 Å². The highest BCUT2D eigenvalue weighted by Gasteiger charge is 2.18. The highest BCUT2D eigenvalue weighted by atomic mass is 19.3. The molecule has 0 bridgehead atoms. The number of hydrogen-bond acceptors (Lipinski definition) is 3. The van der Waals surface area contributed by atoms with Crippen LogP contribution in [0.25, 0.3) is 0 Å². The molecule has 0 aliphatic heterocycles. The van der Waals surface area contributed by atoms with E-state index >= 15 is 0 Å². The molecule has 0 aliphatic rings.